The van der Waals surface area contributed by atoms with E-state index in [1.807, 2.05) is 0 Å². The van der Waals surface area contributed by atoms with Gasteiger partial charge in [-0.25, -0.2) is 0 Å². The van der Waals surface area contributed by atoms with Gasteiger partial charge in [0.2, 0.25) is 0 Å². The second kappa shape index (κ2) is 1.98. The van der Waals surface area contributed by atoms with Crippen LogP contribution in [0.3, 0.4) is 0 Å². The molecule has 2 saturated carbocycles. The number of aliphatic hydroxyl groups is 1. The number of rotatable bonds is 1. The van der Waals surface area contributed by atoms with Gasteiger partial charge in [0.1, 0.15) is 0 Å². The standard InChI is InChI=1S/C8H14O/c9-5-6-3-7-1-2-8(7)4-6/h6-9H,1-5H2/t6?,7-,8?/m1/s1. The summed E-state index contributed by atoms with van der Waals surface area (Å²) < 4.78 is 0. The summed E-state index contributed by atoms with van der Waals surface area (Å²) in [7, 11) is 0. The topological polar surface area (TPSA) is 20.2 Å². The first-order chi connectivity index (χ1) is 4.40. The maximum Gasteiger partial charge on any atom is 0.0459 e. The van der Waals surface area contributed by atoms with Gasteiger partial charge in [0.05, 0.1) is 0 Å². The molecule has 2 unspecified atom stereocenters. The molecule has 0 radical (unpaired) electrons. The molecule has 9 heavy (non-hydrogen) atoms. The predicted octanol–water partition coefficient (Wildman–Crippen LogP) is 1.41. The molecular weight excluding hydrogens is 112 g/mol. The highest BCUT2D eigenvalue weighted by atomic mass is 16.3. The maximum absolute atomic E-state index is 8.83. The molecule has 52 valence electrons. The highest BCUT2D eigenvalue weighted by Gasteiger charge is 2.39. The van der Waals surface area contributed by atoms with Crippen molar-refractivity contribution in [3.05, 3.63) is 0 Å². The van der Waals surface area contributed by atoms with E-state index in [1.165, 1.54) is 25.7 Å². The highest BCUT2D eigenvalue weighted by Crippen LogP contribution is 2.49. The lowest BCUT2D eigenvalue weighted by atomic mass is 9.77. The van der Waals surface area contributed by atoms with Gasteiger partial charge in [-0.05, 0) is 43.4 Å². The number of fused-ring (bicyclic) bond motifs is 1. The Morgan fingerprint density at radius 3 is 2.00 bits per heavy atom. The minimum absolute atomic E-state index is 0.438. The van der Waals surface area contributed by atoms with Crippen molar-refractivity contribution in [3.8, 4) is 0 Å². The fourth-order valence-corrected chi connectivity index (χ4v) is 2.36. The van der Waals surface area contributed by atoms with Crippen molar-refractivity contribution in [3.63, 3.8) is 0 Å². The summed E-state index contributed by atoms with van der Waals surface area (Å²) in [5.41, 5.74) is 0. The minimum Gasteiger partial charge on any atom is -0.396 e. The van der Waals surface area contributed by atoms with E-state index in [1.54, 1.807) is 0 Å². The van der Waals surface area contributed by atoms with Crippen LogP contribution in [0.2, 0.25) is 0 Å². The third-order valence-corrected chi connectivity index (χ3v) is 3.11. The Kier molecular flexibility index (Phi) is 1.26. The minimum atomic E-state index is 0.438. The van der Waals surface area contributed by atoms with Crippen LogP contribution in [0.1, 0.15) is 25.7 Å². The molecule has 2 rings (SSSR count). The molecule has 0 aromatic carbocycles. The van der Waals surface area contributed by atoms with Gasteiger partial charge in [0.15, 0.2) is 0 Å². The van der Waals surface area contributed by atoms with E-state index in [4.69, 9.17) is 5.11 Å². The first kappa shape index (κ1) is 5.72. The van der Waals surface area contributed by atoms with Crippen LogP contribution < -0.4 is 0 Å². The van der Waals surface area contributed by atoms with E-state index in [-0.39, 0.29) is 0 Å². The molecule has 0 aromatic heterocycles. The Morgan fingerprint density at radius 1 is 1.11 bits per heavy atom. The van der Waals surface area contributed by atoms with Crippen LogP contribution in [0.15, 0.2) is 0 Å². The van der Waals surface area contributed by atoms with Crippen molar-refractivity contribution in [2.24, 2.45) is 17.8 Å². The van der Waals surface area contributed by atoms with E-state index in [0.717, 1.165) is 11.8 Å². The summed E-state index contributed by atoms with van der Waals surface area (Å²) in [6, 6.07) is 0. The summed E-state index contributed by atoms with van der Waals surface area (Å²) in [6.07, 6.45) is 5.53. The Morgan fingerprint density at radius 2 is 1.67 bits per heavy atom. The van der Waals surface area contributed by atoms with Crippen LogP contribution in [-0.2, 0) is 0 Å². The van der Waals surface area contributed by atoms with Gasteiger partial charge in [-0.15, -0.1) is 0 Å². The molecular formula is C8H14O. The van der Waals surface area contributed by atoms with Gasteiger partial charge < -0.3 is 5.11 Å². The third kappa shape index (κ3) is 0.787. The monoisotopic (exact) mass is 126 g/mol. The van der Waals surface area contributed by atoms with Gasteiger partial charge in [0, 0.05) is 6.61 Å². The van der Waals surface area contributed by atoms with Crippen molar-refractivity contribution in [1.29, 1.82) is 0 Å². The number of hydrogen-bond donors (Lipinski definition) is 1. The van der Waals surface area contributed by atoms with Crippen LogP contribution in [0.25, 0.3) is 0 Å². The predicted molar refractivity (Wildman–Crippen MR) is 36.0 cm³/mol. The molecule has 0 heterocycles. The van der Waals surface area contributed by atoms with Gasteiger partial charge in [-0.2, -0.15) is 0 Å². The zero-order chi connectivity index (χ0) is 6.27. The quantitative estimate of drug-likeness (QED) is 0.563. The smallest absolute Gasteiger partial charge is 0.0459 e. The summed E-state index contributed by atoms with van der Waals surface area (Å²) in [5, 5.41) is 8.83. The Bertz CT molecular complexity index is 99.1. The molecule has 1 heteroatoms. The first-order valence-electron chi connectivity index (χ1n) is 4.01. The van der Waals surface area contributed by atoms with E-state index >= 15 is 0 Å². The largest absolute Gasteiger partial charge is 0.396 e. The fourth-order valence-electron chi connectivity index (χ4n) is 2.36. The van der Waals surface area contributed by atoms with Crippen LogP contribution in [0, 0.1) is 17.8 Å². The first-order valence-corrected chi connectivity index (χ1v) is 4.01. The van der Waals surface area contributed by atoms with Gasteiger partial charge >= 0.3 is 0 Å². The molecule has 0 aromatic rings. The zero-order valence-corrected chi connectivity index (χ0v) is 5.71. The summed E-state index contributed by atoms with van der Waals surface area (Å²) in [6.45, 7) is 0.438. The molecule has 0 amide bonds. The maximum atomic E-state index is 8.83. The van der Waals surface area contributed by atoms with Gasteiger partial charge in [-0.1, -0.05) is 0 Å². The molecule has 2 aliphatic carbocycles. The number of hydrogen-bond acceptors (Lipinski definition) is 1. The molecule has 0 saturated heterocycles. The molecule has 2 fully saturated rings. The van der Waals surface area contributed by atoms with Crippen molar-refractivity contribution >= 4 is 0 Å². The molecule has 2 aliphatic rings. The number of aliphatic hydroxyl groups excluding tert-OH is 1. The average Bonchev–Trinajstić information content (AvgIpc) is 2.10. The zero-order valence-electron chi connectivity index (χ0n) is 5.71. The Labute approximate surface area is 56.1 Å². The molecule has 1 nitrogen and oxygen atoms in total. The van der Waals surface area contributed by atoms with Crippen LogP contribution in [0.4, 0.5) is 0 Å². The van der Waals surface area contributed by atoms with Crippen LogP contribution >= 0.6 is 0 Å². The lowest BCUT2D eigenvalue weighted by Gasteiger charge is -2.29. The van der Waals surface area contributed by atoms with Crippen LogP contribution in [-0.4, -0.2) is 11.7 Å². The second-order valence-electron chi connectivity index (χ2n) is 3.62. The molecule has 1 N–H and O–H groups in total. The van der Waals surface area contributed by atoms with Crippen molar-refractivity contribution in [1.82, 2.24) is 0 Å². The summed E-state index contributed by atoms with van der Waals surface area (Å²) >= 11 is 0. The van der Waals surface area contributed by atoms with E-state index in [2.05, 4.69) is 0 Å². The Balaban J connectivity index is 1.91. The van der Waals surface area contributed by atoms with E-state index < -0.39 is 0 Å². The molecule has 0 aliphatic heterocycles. The highest BCUT2D eigenvalue weighted by molar-refractivity contribution is 4.90. The van der Waals surface area contributed by atoms with Crippen molar-refractivity contribution < 1.29 is 5.11 Å². The lowest BCUT2D eigenvalue weighted by Crippen LogP contribution is -2.18. The lowest BCUT2D eigenvalue weighted by molar-refractivity contribution is 0.219. The van der Waals surface area contributed by atoms with Gasteiger partial charge in [0.25, 0.3) is 0 Å². The SMILES string of the molecule is OCC1CC2CC[C@@H]2C1. The second-order valence-corrected chi connectivity index (χ2v) is 3.62. The average molecular weight is 126 g/mol. The van der Waals surface area contributed by atoms with E-state index in [9.17, 15) is 0 Å². The van der Waals surface area contributed by atoms with Gasteiger partial charge in [-0.3, -0.25) is 0 Å². The van der Waals surface area contributed by atoms with E-state index in [0.29, 0.717) is 12.5 Å². The summed E-state index contributed by atoms with van der Waals surface area (Å²) in [4.78, 5) is 0. The molecule has 3 atom stereocenters. The fraction of sp³-hybridized carbons (Fsp3) is 1.00. The van der Waals surface area contributed by atoms with Crippen LogP contribution in [0.5, 0.6) is 0 Å². The molecule has 0 spiro atoms. The normalized spacial score (nSPS) is 48.3. The van der Waals surface area contributed by atoms with Crippen molar-refractivity contribution in [2.45, 2.75) is 25.7 Å². The summed E-state index contributed by atoms with van der Waals surface area (Å²) in [5.74, 6) is 2.70. The third-order valence-electron chi connectivity index (χ3n) is 3.11. The van der Waals surface area contributed by atoms with Crippen molar-refractivity contribution in [2.75, 3.05) is 6.61 Å². The Hall–Kier alpha value is -0.0400. The molecule has 0 bridgehead atoms.